The lowest BCUT2D eigenvalue weighted by Crippen LogP contribution is -2.54. The highest BCUT2D eigenvalue weighted by molar-refractivity contribution is 7.80. The number of carbonyl (C=O) groups excluding carboxylic acids is 3. The third kappa shape index (κ3) is 4.86. The molecule has 3 rings (SSSR count). The van der Waals surface area contributed by atoms with Crippen LogP contribution in [0, 0.1) is 5.92 Å². The Labute approximate surface area is 156 Å². The summed E-state index contributed by atoms with van der Waals surface area (Å²) in [7, 11) is -4.84. The van der Waals surface area contributed by atoms with E-state index >= 15 is 0 Å². The van der Waals surface area contributed by atoms with Gasteiger partial charge in [-0.05, 0) is 44.7 Å². The molecule has 0 unspecified atom stereocenters. The maximum atomic E-state index is 12.4. The monoisotopic (exact) mass is 405 g/mol. The van der Waals surface area contributed by atoms with Crippen LogP contribution in [-0.4, -0.2) is 72.5 Å². The Hall–Kier alpha value is -1.96. The van der Waals surface area contributed by atoms with Crippen molar-refractivity contribution in [1.29, 1.82) is 0 Å². The molecule has 3 saturated heterocycles. The van der Waals surface area contributed by atoms with Crippen LogP contribution in [0.1, 0.15) is 32.1 Å². The fourth-order valence-corrected chi connectivity index (χ4v) is 4.11. The number of fused-ring (bicyclic) bond motifs is 2. The summed E-state index contributed by atoms with van der Waals surface area (Å²) < 4.78 is 34.8. The number of hydroxylamine groups is 2. The van der Waals surface area contributed by atoms with E-state index in [-0.39, 0.29) is 24.8 Å². The second-order valence-corrected chi connectivity index (χ2v) is 7.95. The highest BCUT2D eigenvalue weighted by Crippen LogP contribution is 2.30. The molecule has 13 heteroatoms. The SMILES string of the molecule is O=C(CC1CCNCC1)NNC(=O)[C@@H]1CC[C@@H]2CN1C(=O)N2OS(=O)(=O)O. The van der Waals surface area contributed by atoms with Gasteiger partial charge in [-0.25, -0.2) is 4.79 Å². The van der Waals surface area contributed by atoms with Crippen LogP contribution < -0.4 is 16.2 Å². The van der Waals surface area contributed by atoms with E-state index in [0.717, 1.165) is 30.8 Å². The number of carbonyl (C=O) groups is 3. The van der Waals surface area contributed by atoms with Crippen LogP contribution >= 0.6 is 0 Å². The number of nitrogens with one attached hydrogen (secondary N) is 3. The van der Waals surface area contributed by atoms with Gasteiger partial charge >= 0.3 is 16.4 Å². The minimum absolute atomic E-state index is 0.0927. The average Bonchev–Trinajstić information content (AvgIpc) is 2.84. The van der Waals surface area contributed by atoms with E-state index in [1.54, 1.807) is 0 Å². The van der Waals surface area contributed by atoms with Crippen LogP contribution in [0.2, 0.25) is 0 Å². The first kappa shape index (κ1) is 19.8. The molecule has 4 amide bonds. The molecule has 3 aliphatic heterocycles. The molecule has 4 N–H and O–H groups in total. The van der Waals surface area contributed by atoms with Gasteiger partial charge in [-0.3, -0.25) is 25.0 Å². The Morgan fingerprint density at radius 3 is 2.56 bits per heavy atom. The molecule has 0 spiro atoms. The summed E-state index contributed by atoms with van der Waals surface area (Å²) in [6, 6.07) is -2.25. The minimum Gasteiger partial charge on any atom is -0.317 e. The van der Waals surface area contributed by atoms with E-state index in [2.05, 4.69) is 20.5 Å². The van der Waals surface area contributed by atoms with Crippen molar-refractivity contribution in [1.82, 2.24) is 26.1 Å². The van der Waals surface area contributed by atoms with E-state index < -0.39 is 34.4 Å². The molecule has 0 aromatic carbocycles. The number of rotatable bonds is 5. The van der Waals surface area contributed by atoms with Crippen LogP contribution in [0.25, 0.3) is 0 Å². The minimum atomic E-state index is -4.84. The van der Waals surface area contributed by atoms with Crippen molar-refractivity contribution in [3.8, 4) is 0 Å². The fourth-order valence-electron chi connectivity index (χ4n) is 3.72. The molecule has 0 saturated carbocycles. The zero-order valence-corrected chi connectivity index (χ0v) is 15.4. The van der Waals surface area contributed by atoms with E-state index in [9.17, 15) is 22.8 Å². The molecule has 3 aliphatic rings. The normalized spacial score (nSPS) is 26.2. The van der Waals surface area contributed by atoms with Gasteiger partial charge in [0.1, 0.15) is 6.04 Å². The van der Waals surface area contributed by atoms with Crippen molar-refractivity contribution in [3.63, 3.8) is 0 Å². The molecule has 0 aliphatic carbocycles. The van der Waals surface area contributed by atoms with Crippen molar-refractivity contribution >= 4 is 28.2 Å². The predicted molar refractivity (Wildman–Crippen MR) is 89.9 cm³/mol. The van der Waals surface area contributed by atoms with Crippen molar-refractivity contribution in [3.05, 3.63) is 0 Å². The molecule has 0 radical (unpaired) electrons. The molecule has 3 fully saturated rings. The van der Waals surface area contributed by atoms with Gasteiger partial charge in [0.25, 0.3) is 5.91 Å². The van der Waals surface area contributed by atoms with Crippen LogP contribution in [0.4, 0.5) is 4.79 Å². The average molecular weight is 405 g/mol. The number of nitrogens with zero attached hydrogens (tertiary/aromatic N) is 2. The lowest BCUT2D eigenvalue weighted by molar-refractivity contribution is -0.132. The van der Waals surface area contributed by atoms with Gasteiger partial charge in [-0.15, -0.1) is 4.28 Å². The van der Waals surface area contributed by atoms with E-state index in [1.807, 2.05) is 0 Å². The smallest absolute Gasteiger partial charge is 0.317 e. The number of piperidine rings is 2. The Balaban J connectivity index is 1.50. The molecule has 12 nitrogen and oxygen atoms in total. The molecule has 0 aromatic heterocycles. The Kier molecular flexibility index (Phi) is 5.83. The summed E-state index contributed by atoms with van der Waals surface area (Å²) in [5.74, 6) is -0.591. The van der Waals surface area contributed by atoms with Crippen LogP contribution in [-0.2, 0) is 24.3 Å². The maximum Gasteiger partial charge on any atom is 0.418 e. The van der Waals surface area contributed by atoms with Gasteiger partial charge in [0, 0.05) is 13.0 Å². The molecular formula is C14H23N5O7S. The third-order valence-corrected chi connectivity index (χ3v) is 5.41. The van der Waals surface area contributed by atoms with Gasteiger partial charge in [-0.2, -0.15) is 13.5 Å². The standard InChI is InChI=1S/C14H23N5O7S/c20-12(7-9-3-5-15-6-4-9)16-17-13(21)11-2-1-10-8-18(11)14(22)19(10)26-27(23,24)25/h9-11,15H,1-8H2,(H,16,20)(H,17,21)(H,23,24,25)/t10-,11+/m1/s1. The maximum absolute atomic E-state index is 12.4. The highest BCUT2D eigenvalue weighted by atomic mass is 32.3. The first-order valence-electron chi connectivity index (χ1n) is 8.81. The van der Waals surface area contributed by atoms with Crippen molar-refractivity contribution in [2.45, 2.75) is 44.2 Å². The van der Waals surface area contributed by atoms with Crippen LogP contribution in [0.15, 0.2) is 0 Å². The van der Waals surface area contributed by atoms with Crippen LogP contribution in [0.5, 0.6) is 0 Å². The lowest BCUT2D eigenvalue weighted by Gasteiger charge is -2.29. The van der Waals surface area contributed by atoms with Crippen molar-refractivity contribution in [2.75, 3.05) is 19.6 Å². The largest absolute Gasteiger partial charge is 0.418 e. The quantitative estimate of drug-likeness (QED) is 0.319. The number of hydrazine groups is 1. The van der Waals surface area contributed by atoms with E-state index in [4.69, 9.17) is 4.55 Å². The summed E-state index contributed by atoms with van der Waals surface area (Å²) in [6.07, 6.45) is 2.71. The topological polar surface area (TPSA) is 157 Å². The molecule has 2 bridgehead atoms. The predicted octanol–water partition coefficient (Wildman–Crippen LogP) is -1.47. The number of amides is 4. The summed E-state index contributed by atoms with van der Waals surface area (Å²) in [5, 5.41) is 3.78. The molecule has 2 atom stereocenters. The first-order chi connectivity index (χ1) is 12.7. The summed E-state index contributed by atoms with van der Waals surface area (Å²) >= 11 is 0. The van der Waals surface area contributed by atoms with Gasteiger partial charge in [-0.1, -0.05) is 0 Å². The molecule has 3 heterocycles. The summed E-state index contributed by atoms with van der Waals surface area (Å²) in [5.41, 5.74) is 4.71. The first-order valence-corrected chi connectivity index (χ1v) is 10.2. The van der Waals surface area contributed by atoms with Gasteiger partial charge in [0.05, 0.1) is 6.04 Å². The van der Waals surface area contributed by atoms with Gasteiger partial charge in [0.2, 0.25) is 5.91 Å². The lowest BCUT2D eigenvalue weighted by atomic mass is 9.94. The van der Waals surface area contributed by atoms with E-state index in [1.165, 1.54) is 0 Å². The zero-order valence-electron chi connectivity index (χ0n) is 14.6. The Bertz CT molecular complexity index is 709. The summed E-state index contributed by atoms with van der Waals surface area (Å²) in [4.78, 5) is 37.8. The molecule has 0 aromatic rings. The van der Waals surface area contributed by atoms with Crippen molar-refractivity contribution in [2.24, 2.45) is 5.92 Å². The Morgan fingerprint density at radius 1 is 1.19 bits per heavy atom. The van der Waals surface area contributed by atoms with Crippen LogP contribution in [0.3, 0.4) is 0 Å². The summed E-state index contributed by atoms with van der Waals surface area (Å²) in [6.45, 7) is 1.83. The highest BCUT2D eigenvalue weighted by Gasteiger charge is 2.49. The van der Waals surface area contributed by atoms with Gasteiger partial charge < -0.3 is 10.2 Å². The fraction of sp³-hybridized carbons (Fsp3) is 0.786. The molecular weight excluding hydrogens is 382 g/mol. The third-order valence-electron chi connectivity index (χ3n) is 5.06. The second-order valence-electron chi connectivity index (χ2n) is 6.94. The van der Waals surface area contributed by atoms with Crippen molar-refractivity contribution < 1.29 is 31.6 Å². The number of hydrogen-bond donors (Lipinski definition) is 4. The number of hydrogen-bond acceptors (Lipinski definition) is 7. The Morgan fingerprint density at radius 2 is 1.89 bits per heavy atom. The number of urea groups is 1. The second kappa shape index (κ2) is 7.96. The molecule has 152 valence electrons. The van der Waals surface area contributed by atoms with Gasteiger partial charge in [0.15, 0.2) is 0 Å². The van der Waals surface area contributed by atoms with E-state index in [0.29, 0.717) is 17.9 Å². The zero-order chi connectivity index (χ0) is 19.6. The molecule has 27 heavy (non-hydrogen) atoms.